The summed E-state index contributed by atoms with van der Waals surface area (Å²) in [7, 11) is 5.64. The fraction of sp³-hybridized carbons (Fsp3) is 0.667. The van der Waals surface area contributed by atoms with E-state index in [4.69, 9.17) is 9.47 Å². The molecule has 23 heavy (non-hydrogen) atoms. The van der Waals surface area contributed by atoms with Gasteiger partial charge in [0.15, 0.2) is 5.96 Å². The second kappa shape index (κ2) is 10.2. The van der Waals surface area contributed by atoms with Crippen molar-refractivity contribution in [3.8, 4) is 0 Å². The Balaban J connectivity index is 0.00000264. The highest BCUT2D eigenvalue weighted by molar-refractivity contribution is 14.0. The molecular weight excluding hydrogens is 493 g/mol. The zero-order chi connectivity index (χ0) is 16.0. The number of thiophene rings is 1. The van der Waals surface area contributed by atoms with Crippen LogP contribution in [0.3, 0.4) is 0 Å². The molecule has 5 nitrogen and oxygen atoms in total. The van der Waals surface area contributed by atoms with E-state index in [2.05, 4.69) is 43.3 Å². The fourth-order valence-electron chi connectivity index (χ4n) is 2.57. The van der Waals surface area contributed by atoms with Crippen molar-refractivity contribution < 1.29 is 9.47 Å². The number of hydrogen-bond acceptors (Lipinski definition) is 4. The first-order valence-electron chi connectivity index (χ1n) is 7.37. The van der Waals surface area contributed by atoms with E-state index in [-0.39, 0.29) is 29.6 Å². The predicted octanol–water partition coefficient (Wildman–Crippen LogP) is 3.33. The van der Waals surface area contributed by atoms with Gasteiger partial charge in [-0.1, -0.05) is 0 Å². The van der Waals surface area contributed by atoms with Gasteiger partial charge in [-0.05, 0) is 28.1 Å². The van der Waals surface area contributed by atoms with Gasteiger partial charge in [0, 0.05) is 58.7 Å². The lowest BCUT2D eigenvalue weighted by Gasteiger charge is -2.37. The van der Waals surface area contributed by atoms with Crippen LogP contribution in [0.2, 0.25) is 0 Å². The van der Waals surface area contributed by atoms with Crippen LogP contribution in [0.5, 0.6) is 0 Å². The van der Waals surface area contributed by atoms with Crippen LogP contribution in [-0.2, 0) is 16.0 Å². The molecule has 1 saturated heterocycles. The molecule has 0 unspecified atom stereocenters. The normalized spacial score (nSPS) is 17.5. The number of nitrogens with one attached hydrogen (secondary N) is 1. The van der Waals surface area contributed by atoms with Gasteiger partial charge in [0.1, 0.15) is 0 Å². The third-order valence-electron chi connectivity index (χ3n) is 4.00. The number of halogens is 2. The fourth-order valence-corrected chi connectivity index (χ4v) is 4.10. The lowest BCUT2D eigenvalue weighted by molar-refractivity contribution is -0.0857. The summed E-state index contributed by atoms with van der Waals surface area (Å²) in [4.78, 5) is 7.80. The molecule has 0 spiro atoms. The molecule has 0 radical (unpaired) electrons. The van der Waals surface area contributed by atoms with Crippen LogP contribution in [0.1, 0.15) is 17.7 Å². The highest BCUT2D eigenvalue weighted by Gasteiger charge is 2.32. The van der Waals surface area contributed by atoms with Crippen LogP contribution in [0.15, 0.2) is 20.9 Å². The number of ether oxygens (including phenoxy) is 2. The van der Waals surface area contributed by atoms with Gasteiger partial charge in [-0.15, -0.1) is 35.3 Å². The molecule has 0 aromatic carbocycles. The van der Waals surface area contributed by atoms with E-state index in [1.54, 1.807) is 18.4 Å². The smallest absolute Gasteiger partial charge is 0.193 e. The Hall–Kier alpha value is 0.1000. The van der Waals surface area contributed by atoms with Crippen LogP contribution < -0.4 is 5.32 Å². The first-order valence-corrected chi connectivity index (χ1v) is 8.98. The molecule has 1 fully saturated rings. The highest BCUT2D eigenvalue weighted by Crippen LogP contribution is 2.24. The minimum atomic E-state index is -0.152. The molecule has 1 aromatic heterocycles. The van der Waals surface area contributed by atoms with Crippen molar-refractivity contribution in [3.05, 3.63) is 20.8 Å². The number of hydrogen-bond donors (Lipinski definition) is 1. The molecule has 0 atom stereocenters. The molecule has 1 N–H and O–H groups in total. The summed E-state index contributed by atoms with van der Waals surface area (Å²) in [5, 5.41) is 3.45. The van der Waals surface area contributed by atoms with E-state index in [0.717, 1.165) is 48.9 Å². The zero-order valence-electron chi connectivity index (χ0n) is 13.8. The monoisotopic (exact) mass is 517 g/mol. The Morgan fingerprint density at radius 1 is 1.48 bits per heavy atom. The van der Waals surface area contributed by atoms with Crippen LogP contribution in [0.4, 0.5) is 0 Å². The molecule has 0 amide bonds. The summed E-state index contributed by atoms with van der Waals surface area (Å²) in [5.74, 6) is 0.882. The largest absolute Gasteiger partial charge is 0.381 e. The number of rotatable bonds is 5. The summed E-state index contributed by atoms with van der Waals surface area (Å²) >= 11 is 5.25. The van der Waals surface area contributed by atoms with Gasteiger partial charge in [0.05, 0.1) is 15.9 Å². The molecule has 0 aliphatic carbocycles. The number of guanidine groups is 1. The van der Waals surface area contributed by atoms with Crippen molar-refractivity contribution in [2.45, 2.75) is 25.0 Å². The maximum absolute atomic E-state index is 5.75. The number of nitrogens with zero attached hydrogens (tertiary/aromatic N) is 2. The van der Waals surface area contributed by atoms with Crippen molar-refractivity contribution in [2.24, 2.45) is 4.99 Å². The average molecular weight is 518 g/mol. The molecule has 0 saturated carbocycles. The molecule has 132 valence electrons. The van der Waals surface area contributed by atoms with E-state index in [0.29, 0.717) is 0 Å². The lowest BCUT2D eigenvalue weighted by Crippen LogP contribution is -2.50. The highest BCUT2D eigenvalue weighted by atomic mass is 127. The number of methoxy groups -OCH3 is 1. The molecular formula is C15H25BrIN3O2S. The first-order chi connectivity index (χ1) is 10.6. The summed E-state index contributed by atoms with van der Waals surface area (Å²) in [6.45, 7) is 3.09. The Morgan fingerprint density at radius 2 is 2.17 bits per heavy atom. The van der Waals surface area contributed by atoms with Gasteiger partial charge in [0.2, 0.25) is 0 Å². The van der Waals surface area contributed by atoms with E-state index in [1.807, 2.05) is 14.1 Å². The Kier molecular flexibility index (Phi) is 9.35. The predicted molar refractivity (Wildman–Crippen MR) is 110 cm³/mol. The summed E-state index contributed by atoms with van der Waals surface area (Å²) in [5.41, 5.74) is -0.152. The molecule has 0 bridgehead atoms. The maximum Gasteiger partial charge on any atom is 0.193 e. The quantitative estimate of drug-likeness (QED) is 0.369. The SMILES string of the molecule is CN=C(NCC1(OC)CCOCC1)N(C)Cc1ccc(Br)s1.I. The Bertz CT molecular complexity index is 507. The summed E-state index contributed by atoms with van der Waals surface area (Å²) in [6.07, 6.45) is 1.82. The van der Waals surface area contributed by atoms with Crippen LogP contribution in [-0.4, -0.2) is 57.4 Å². The molecule has 2 heterocycles. The topological polar surface area (TPSA) is 46.1 Å². The van der Waals surface area contributed by atoms with Crippen LogP contribution in [0.25, 0.3) is 0 Å². The molecule has 8 heteroatoms. The summed E-state index contributed by atoms with van der Waals surface area (Å²) in [6, 6.07) is 4.21. The van der Waals surface area contributed by atoms with Gasteiger partial charge in [-0.3, -0.25) is 4.99 Å². The van der Waals surface area contributed by atoms with Gasteiger partial charge in [-0.2, -0.15) is 0 Å². The second-order valence-electron chi connectivity index (χ2n) is 5.46. The third kappa shape index (κ3) is 6.15. The maximum atomic E-state index is 5.75. The van der Waals surface area contributed by atoms with Crippen molar-refractivity contribution in [1.82, 2.24) is 10.2 Å². The zero-order valence-corrected chi connectivity index (χ0v) is 18.5. The van der Waals surface area contributed by atoms with Crippen molar-refractivity contribution in [3.63, 3.8) is 0 Å². The molecule has 1 aliphatic rings. The Morgan fingerprint density at radius 3 is 2.70 bits per heavy atom. The molecule has 1 aliphatic heterocycles. The molecule has 1 aromatic rings. The standard InChI is InChI=1S/C15H24BrN3O2S.HI/c1-17-14(19(2)10-12-4-5-13(16)22-12)18-11-15(20-3)6-8-21-9-7-15;/h4-5H,6-11H2,1-3H3,(H,17,18);1H. The third-order valence-corrected chi connectivity index (χ3v) is 5.61. The molecule has 2 rings (SSSR count). The van der Waals surface area contributed by atoms with Crippen molar-refractivity contribution in [2.75, 3.05) is 41.0 Å². The van der Waals surface area contributed by atoms with Crippen LogP contribution in [0, 0.1) is 0 Å². The van der Waals surface area contributed by atoms with Crippen LogP contribution >= 0.6 is 51.2 Å². The van der Waals surface area contributed by atoms with Crippen molar-refractivity contribution >= 4 is 57.2 Å². The lowest BCUT2D eigenvalue weighted by atomic mass is 9.94. The van der Waals surface area contributed by atoms with Gasteiger partial charge in [-0.25, -0.2) is 0 Å². The average Bonchev–Trinajstić information content (AvgIpc) is 2.94. The van der Waals surface area contributed by atoms with Gasteiger partial charge in [0.25, 0.3) is 0 Å². The summed E-state index contributed by atoms with van der Waals surface area (Å²) < 4.78 is 12.3. The second-order valence-corrected chi connectivity index (χ2v) is 8.01. The van der Waals surface area contributed by atoms with E-state index in [1.165, 1.54) is 4.88 Å². The Labute approximate surface area is 168 Å². The van der Waals surface area contributed by atoms with Crippen molar-refractivity contribution in [1.29, 1.82) is 0 Å². The van der Waals surface area contributed by atoms with E-state index < -0.39 is 0 Å². The van der Waals surface area contributed by atoms with Gasteiger partial charge >= 0.3 is 0 Å². The number of aliphatic imine (C=N–C) groups is 1. The minimum absolute atomic E-state index is 0. The minimum Gasteiger partial charge on any atom is -0.381 e. The van der Waals surface area contributed by atoms with E-state index >= 15 is 0 Å². The van der Waals surface area contributed by atoms with Gasteiger partial charge < -0.3 is 19.7 Å². The first kappa shape index (κ1) is 21.1. The van der Waals surface area contributed by atoms with E-state index in [9.17, 15) is 0 Å².